The van der Waals surface area contributed by atoms with Crippen LogP contribution in [0.4, 0.5) is 10.5 Å². The van der Waals surface area contributed by atoms with Gasteiger partial charge < -0.3 is 25.2 Å². The number of anilines is 1. The van der Waals surface area contributed by atoms with E-state index in [2.05, 4.69) is 47.6 Å². The number of ether oxygens (including phenoxy) is 1. The van der Waals surface area contributed by atoms with Gasteiger partial charge in [-0.3, -0.25) is 0 Å². The first-order chi connectivity index (χ1) is 13.9. The molecule has 7 nitrogen and oxygen atoms in total. The van der Waals surface area contributed by atoms with Gasteiger partial charge in [0.1, 0.15) is 6.54 Å². The molecule has 29 heavy (non-hydrogen) atoms. The zero-order valence-electron chi connectivity index (χ0n) is 17.9. The lowest BCUT2D eigenvalue weighted by molar-refractivity contribution is -0.896. The van der Waals surface area contributed by atoms with E-state index < -0.39 is 0 Å². The van der Waals surface area contributed by atoms with Gasteiger partial charge in [0.25, 0.3) is 0 Å². The van der Waals surface area contributed by atoms with Crippen LogP contribution in [0.15, 0.2) is 29.5 Å². The van der Waals surface area contributed by atoms with Crippen LogP contribution in [0.1, 0.15) is 31.4 Å². The average Bonchev–Trinajstić information content (AvgIpc) is 2.70. The molecule has 1 atom stereocenters. The van der Waals surface area contributed by atoms with Crippen LogP contribution in [-0.4, -0.2) is 57.4 Å². The smallest absolute Gasteiger partial charge is 0.338 e. The van der Waals surface area contributed by atoms with E-state index in [0.29, 0.717) is 30.8 Å². The average molecular weight is 402 g/mol. The maximum absolute atomic E-state index is 12.5. The maximum Gasteiger partial charge on any atom is 0.338 e. The van der Waals surface area contributed by atoms with Crippen molar-refractivity contribution in [2.75, 3.05) is 44.2 Å². The third kappa shape index (κ3) is 4.72. The van der Waals surface area contributed by atoms with Crippen molar-refractivity contribution in [1.29, 1.82) is 0 Å². The third-order valence-corrected chi connectivity index (χ3v) is 5.96. The van der Waals surface area contributed by atoms with Gasteiger partial charge in [0.05, 0.1) is 50.1 Å². The van der Waals surface area contributed by atoms with Gasteiger partial charge in [0.15, 0.2) is 0 Å². The first kappa shape index (κ1) is 21.2. The molecule has 3 N–H and O–H groups in total. The number of hydrogen-bond acceptors (Lipinski definition) is 4. The van der Waals surface area contributed by atoms with Gasteiger partial charge in [-0.15, -0.1) is 0 Å². The van der Waals surface area contributed by atoms with Crippen LogP contribution in [-0.2, 0) is 9.53 Å². The number of nitrogens with one attached hydrogen (secondary N) is 3. The Morgan fingerprint density at radius 2 is 1.97 bits per heavy atom. The van der Waals surface area contributed by atoms with E-state index >= 15 is 0 Å². The molecule has 1 aromatic carbocycles. The zero-order chi connectivity index (χ0) is 21.0. The number of carbonyl (C=O) groups excluding carboxylic acids is 2. The molecule has 1 saturated heterocycles. The quantitative estimate of drug-likeness (QED) is 0.620. The second-order valence-corrected chi connectivity index (χ2v) is 7.80. The highest BCUT2D eigenvalue weighted by atomic mass is 16.5. The van der Waals surface area contributed by atoms with Crippen molar-refractivity contribution < 1.29 is 19.2 Å². The van der Waals surface area contributed by atoms with Crippen LogP contribution >= 0.6 is 0 Å². The normalized spacial score (nSPS) is 20.3. The Hall–Kier alpha value is -2.54. The Labute approximate surface area is 173 Å². The Morgan fingerprint density at radius 1 is 1.24 bits per heavy atom. The van der Waals surface area contributed by atoms with Crippen molar-refractivity contribution in [3.63, 3.8) is 0 Å². The van der Waals surface area contributed by atoms with Crippen molar-refractivity contribution in [3.8, 4) is 0 Å². The van der Waals surface area contributed by atoms with E-state index in [0.717, 1.165) is 26.2 Å². The van der Waals surface area contributed by atoms with Gasteiger partial charge >= 0.3 is 12.0 Å². The minimum Gasteiger partial charge on any atom is -0.463 e. The molecule has 3 rings (SSSR count). The molecule has 158 valence electrons. The zero-order valence-corrected chi connectivity index (χ0v) is 17.9. The first-order valence-electron chi connectivity index (χ1n) is 10.6. The van der Waals surface area contributed by atoms with Gasteiger partial charge in [-0.1, -0.05) is 19.1 Å². The number of quaternary nitrogens is 1. The van der Waals surface area contributed by atoms with Crippen molar-refractivity contribution in [2.24, 2.45) is 0 Å². The number of nitrogens with zero attached hydrogens (tertiary/aromatic N) is 1. The maximum atomic E-state index is 12.5. The summed E-state index contributed by atoms with van der Waals surface area (Å²) in [5.41, 5.74) is 5.22. The Morgan fingerprint density at radius 3 is 2.62 bits per heavy atom. The second kappa shape index (κ2) is 9.31. The van der Waals surface area contributed by atoms with Crippen LogP contribution in [0.2, 0.25) is 0 Å². The van der Waals surface area contributed by atoms with Crippen LogP contribution in [0.3, 0.4) is 0 Å². The number of amides is 2. The van der Waals surface area contributed by atoms with Crippen molar-refractivity contribution in [1.82, 2.24) is 10.6 Å². The topological polar surface area (TPSA) is 75.1 Å². The molecule has 0 saturated carbocycles. The van der Waals surface area contributed by atoms with E-state index in [9.17, 15) is 9.59 Å². The molecule has 0 aliphatic carbocycles. The first-order valence-corrected chi connectivity index (χ1v) is 10.6. The van der Waals surface area contributed by atoms with E-state index in [4.69, 9.17) is 4.74 Å². The molecule has 7 heteroatoms. The lowest BCUT2D eigenvalue weighted by Crippen LogP contribution is -3.15. The fraction of sp³-hybridized carbons (Fsp3) is 0.545. The molecule has 1 fully saturated rings. The van der Waals surface area contributed by atoms with Crippen LogP contribution in [0.25, 0.3) is 0 Å². The minimum atomic E-state index is -0.338. The highest BCUT2D eigenvalue weighted by molar-refractivity contribution is 5.94. The summed E-state index contributed by atoms with van der Waals surface area (Å²) in [6.45, 7) is 12.8. The highest BCUT2D eigenvalue weighted by Gasteiger charge is 2.34. The molecule has 2 aliphatic rings. The summed E-state index contributed by atoms with van der Waals surface area (Å²) in [6.07, 6.45) is 0.654. The highest BCUT2D eigenvalue weighted by Crippen LogP contribution is 2.22. The van der Waals surface area contributed by atoms with Gasteiger partial charge in [0, 0.05) is 5.69 Å². The molecule has 0 spiro atoms. The number of esters is 1. The standard InChI is InChI=1S/C22H32N4O3/c1-5-17-20(21(27)29-6-2)18(24-22(28)23-17)14-25-10-12-26(13-11-25)19-9-7-8-15(3)16(19)4/h7-9,17H,5-6,10-14H2,1-4H3,(H2,23,24,28)/p+1/t17-/m1/s1. The number of carbonyl (C=O) groups is 2. The largest absolute Gasteiger partial charge is 0.463 e. The molecule has 0 aromatic heterocycles. The fourth-order valence-electron chi connectivity index (χ4n) is 4.17. The monoisotopic (exact) mass is 401 g/mol. The molecule has 2 heterocycles. The van der Waals surface area contributed by atoms with Crippen molar-refractivity contribution in [3.05, 3.63) is 40.6 Å². The number of hydrogen-bond donors (Lipinski definition) is 3. The molecular weight excluding hydrogens is 368 g/mol. The second-order valence-electron chi connectivity index (χ2n) is 7.80. The Bertz CT molecular complexity index is 797. The number of piperazine rings is 1. The molecule has 0 radical (unpaired) electrons. The number of rotatable bonds is 6. The fourth-order valence-corrected chi connectivity index (χ4v) is 4.17. The number of benzene rings is 1. The summed E-state index contributed by atoms with van der Waals surface area (Å²) in [4.78, 5) is 28.4. The Balaban J connectivity index is 1.72. The summed E-state index contributed by atoms with van der Waals surface area (Å²) < 4.78 is 5.26. The predicted molar refractivity (Wildman–Crippen MR) is 113 cm³/mol. The molecule has 0 bridgehead atoms. The van der Waals surface area contributed by atoms with E-state index in [1.807, 2.05) is 6.92 Å². The number of urea groups is 1. The summed E-state index contributed by atoms with van der Waals surface area (Å²) >= 11 is 0. The Kier molecular flexibility index (Phi) is 6.79. The third-order valence-electron chi connectivity index (χ3n) is 5.96. The van der Waals surface area contributed by atoms with E-state index in [1.165, 1.54) is 21.7 Å². The lowest BCUT2D eigenvalue weighted by atomic mass is 9.99. The van der Waals surface area contributed by atoms with Crippen LogP contribution in [0.5, 0.6) is 0 Å². The summed E-state index contributed by atoms with van der Waals surface area (Å²) in [6, 6.07) is 5.91. The molecule has 0 unspecified atom stereocenters. The SMILES string of the molecule is CCOC(=O)C1=C(C[NH+]2CCN(c3cccc(C)c3C)CC2)NC(=O)N[C@@H]1CC. The van der Waals surface area contributed by atoms with Gasteiger partial charge in [-0.05, 0) is 44.4 Å². The van der Waals surface area contributed by atoms with Crippen molar-refractivity contribution in [2.45, 2.75) is 40.2 Å². The molecular formula is C22H33N4O3+. The van der Waals surface area contributed by atoms with Gasteiger partial charge in [-0.2, -0.15) is 0 Å². The summed E-state index contributed by atoms with van der Waals surface area (Å²) in [7, 11) is 0. The molecule has 1 aromatic rings. The van der Waals surface area contributed by atoms with Crippen LogP contribution in [0, 0.1) is 13.8 Å². The van der Waals surface area contributed by atoms with Crippen LogP contribution < -0.4 is 20.4 Å². The summed E-state index contributed by atoms with van der Waals surface area (Å²) in [5, 5.41) is 5.71. The van der Waals surface area contributed by atoms with Crippen molar-refractivity contribution >= 4 is 17.7 Å². The predicted octanol–water partition coefficient (Wildman–Crippen LogP) is 0.917. The lowest BCUT2D eigenvalue weighted by Gasteiger charge is -2.36. The minimum absolute atomic E-state index is 0.242. The van der Waals surface area contributed by atoms with Gasteiger partial charge in [0.2, 0.25) is 0 Å². The number of aryl methyl sites for hydroxylation is 1. The molecule has 2 amide bonds. The molecule has 2 aliphatic heterocycles. The summed E-state index contributed by atoms with van der Waals surface area (Å²) in [5.74, 6) is -0.338. The van der Waals surface area contributed by atoms with E-state index in [1.54, 1.807) is 6.92 Å². The van der Waals surface area contributed by atoms with Gasteiger partial charge in [-0.25, -0.2) is 9.59 Å². The van der Waals surface area contributed by atoms with E-state index in [-0.39, 0.29) is 18.0 Å².